The minimum atomic E-state index is -0.358. The van der Waals surface area contributed by atoms with Gasteiger partial charge in [-0.05, 0) is 18.2 Å². The first-order valence-corrected chi connectivity index (χ1v) is 4.18. The standard InChI is InChI=1S/C7H6BrNOS/c8-5-2-1-3-6(4-5)9-7(10)11/h1-4H,(H2,9,10,11). The predicted molar refractivity (Wildman–Crippen MR) is 52.1 cm³/mol. The summed E-state index contributed by atoms with van der Waals surface area (Å²) in [5.74, 6) is 0. The van der Waals surface area contributed by atoms with Gasteiger partial charge in [0.25, 0.3) is 5.24 Å². The number of hydrogen-bond donors (Lipinski definition) is 2. The number of halogens is 1. The summed E-state index contributed by atoms with van der Waals surface area (Å²) in [4.78, 5) is 10.5. The summed E-state index contributed by atoms with van der Waals surface area (Å²) in [6.07, 6.45) is 0. The predicted octanol–water partition coefficient (Wildman–Crippen LogP) is 2.91. The van der Waals surface area contributed by atoms with Crippen molar-refractivity contribution >= 4 is 39.5 Å². The third-order valence-electron chi connectivity index (χ3n) is 1.08. The molecule has 0 bridgehead atoms. The number of carbonyl (C=O) groups is 1. The highest BCUT2D eigenvalue weighted by Gasteiger charge is 1.94. The lowest BCUT2D eigenvalue weighted by atomic mass is 10.3. The molecule has 0 aliphatic carbocycles. The SMILES string of the molecule is O=C(S)Nc1cccc(Br)c1. The molecule has 1 aromatic carbocycles. The van der Waals surface area contributed by atoms with Gasteiger partial charge in [-0.3, -0.25) is 4.79 Å². The quantitative estimate of drug-likeness (QED) is 0.716. The van der Waals surface area contributed by atoms with Gasteiger partial charge in [-0.15, -0.1) is 0 Å². The van der Waals surface area contributed by atoms with Gasteiger partial charge in [0, 0.05) is 10.2 Å². The van der Waals surface area contributed by atoms with Crippen LogP contribution in [0.4, 0.5) is 10.5 Å². The van der Waals surface area contributed by atoms with E-state index in [0.717, 1.165) is 10.2 Å². The molecule has 0 aliphatic rings. The highest BCUT2D eigenvalue weighted by Crippen LogP contribution is 2.15. The summed E-state index contributed by atoms with van der Waals surface area (Å²) in [5.41, 5.74) is 0.736. The molecule has 0 fully saturated rings. The maximum absolute atomic E-state index is 10.5. The summed E-state index contributed by atoms with van der Waals surface area (Å²) in [7, 11) is 0. The van der Waals surface area contributed by atoms with E-state index in [1.807, 2.05) is 12.1 Å². The minimum Gasteiger partial charge on any atom is -0.317 e. The average Bonchev–Trinajstić information content (AvgIpc) is 1.85. The van der Waals surface area contributed by atoms with E-state index in [1.165, 1.54) is 0 Å². The second kappa shape index (κ2) is 3.78. The van der Waals surface area contributed by atoms with Gasteiger partial charge in [0.1, 0.15) is 0 Å². The maximum Gasteiger partial charge on any atom is 0.280 e. The van der Waals surface area contributed by atoms with Crippen molar-refractivity contribution < 1.29 is 4.79 Å². The summed E-state index contributed by atoms with van der Waals surface area (Å²) in [6, 6.07) is 7.31. The number of thiol groups is 1. The minimum absolute atomic E-state index is 0.358. The Labute approximate surface area is 78.5 Å². The van der Waals surface area contributed by atoms with Gasteiger partial charge in [0.15, 0.2) is 0 Å². The van der Waals surface area contributed by atoms with Crippen LogP contribution < -0.4 is 5.32 Å². The van der Waals surface area contributed by atoms with Crippen LogP contribution in [0.5, 0.6) is 0 Å². The zero-order chi connectivity index (χ0) is 8.27. The third kappa shape index (κ3) is 2.95. The van der Waals surface area contributed by atoms with Crippen LogP contribution in [0.2, 0.25) is 0 Å². The molecule has 11 heavy (non-hydrogen) atoms. The molecule has 0 saturated carbocycles. The van der Waals surface area contributed by atoms with E-state index >= 15 is 0 Å². The van der Waals surface area contributed by atoms with Gasteiger partial charge < -0.3 is 5.32 Å². The van der Waals surface area contributed by atoms with Crippen LogP contribution in [0.25, 0.3) is 0 Å². The third-order valence-corrected chi connectivity index (χ3v) is 1.68. The molecule has 0 spiro atoms. The first-order valence-electron chi connectivity index (χ1n) is 2.94. The van der Waals surface area contributed by atoms with Crippen LogP contribution in [-0.2, 0) is 0 Å². The Balaban J connectivity index is 2.79. The van der Waals surface area contributed by atoms with E-state index in [4.69, 9.17) is 0 Å². The number of rotatable bonds is 1. The molecular formula is C7H6BrNOS. The molecule has 58 valence electrons. The molecule has 1 aromatic rings. The van der Waals surface area contributed by atoms with E-state index in [9.17, 15) is 4.79 Å². The van der Waals surface area contributed by atoms with Gasteiger partial charge in [-0.2, -0.15) is 0 Å². The molecule has 0 heterocycles. The molecular weight excluding hydrogens is 226 g/mol. The molecule has 4 heteroatoms. The summed E-state index contributed by atoms with van der Waals surface area (Å²) < 4.78 is 0.928. The van der Waals surface area contributed by atoms with Crippen molar-refractivity contribution in [3.8, 4) is 0 Å². The van der Waals surface area contributed by atoms with E-state index in [2.05, 4.69) is 33.9 Å². The molecule has 2 nitrogen and oxygen atoms in total. The van der Waals surface area contributed by atoms with E-state index < -0.39 is 0 Å². The lowest BCUT2D eigenvalue weighted by molar-refractivity contribution is 0.270. The van der Waals surface area contributed by atoms with Crippen LogP contribution in [0, 0.1) is 0 Å². The number of amides is 1. The van der Waals surface area contributed by atoms with Gasteiger partial charge >= 0.3 is 0 Å². The lowest BCUT2D eigenvalue weighted by Crippen LogP contribution is -2.00. The zero-order valence-corrected chi connectivity index (χ0v) is 8.02. The summed E-state index contributed by atoms with van der Waals surface area (Å²) >= 11 is 6.85. The van der Waals surface area contributed by atoms with Crippen LogP contribution in [0.3, 0.4) is 0 Å². The van der Waals surface area contributed by atoms with Gasteiger partial charge in [0.2, 0.25) is 0 Å². The Morgan fingerprint density at radius 1 is 1.55 bits per heavy atom. The molecule has 0 radical (unpaired) electrons. The number of nitrogens with one attached hydrogen (secondary N) is 1. The van der Waals surface area contributed by atoms with Crippen LogP contribution in [-0.4, -0.2) is 5.24 Å². The highest BCUT2D eigenvalue weighted by atomic mass is 79.9. The lowest BCUT2D eigenvalue weighted by Gasteiger charge is -1.99. The Kier molecular flexibility index (Phi) is 2.96. The van der Waals surface area contributed by atoms with E-state index in [0.29, 0.717) is 0 Å². The average molecular weight is 232 g/mol. The maximum atomic E-state index is 10.5. The molecule has 0 aromatic heterocycles. The molecule has 0 atom stereocenters. The molecule has 0 aliphatic heterocycles. The Morgan fingerprint density at radius 3 is 2.82 bits per heavy atom. The zero-order valence-electron chi connectivity index (χ0n) is 5.54. The van der Waals surface area contributed by atoms with Crippen LogP contribution >= 0.6 is 28.6 Å². The number of anilines is 1. The number of hydrogen-bond acceptors (Lipinski definition) is 1. The van der Waals surface area contributed by atoms with Crippen molar-refractivity contribution in [3.05, 3.63) is 28.7 Å². The fourth-order valence-electron chi connectivity index (χ4n) is 0.690. The molecule has 0 unspecified atom stereocenters. The fraction of sp³-hybridized carbons (Fsp3) is 0. The summed E-state index contributed by atoms with van der Waals surface area (Å²) in [6.45, 7) is 0. The van der Waals surface area contributed by atoms with E-state index in [1.54, 1.807) is 12.1 Å². The Bertz CT molecular complexity index is 277. The van der Waals surface area contributed by atoms with Crippen molar-refractivity contribution in [3.63, 3.8) is 0 Å². The first-order chi connectivity index (χ1) is 5.18. The van der Waals surface area contributed by atoms with Gasteiger partial charge in [-0.25, -0.2) is 0 Å². The number of carbonyl (C=O) groups excluding carboxylic acids is 1. The van der Waals surface area contributed by atoms with Gasteiger partial charge in [-0.1, -0.05) is 34.6 Å². The normalized spacial score (nSPS) is 9.27. The summed E-state index contributed by atoms with van der Waals surface area (Å²) in [5, 5.41) is 2.18. The van der Waals surface area contributed by atoms with Crippen molar-refractivity contribution in [1.29, 1.82) is 0 Å². The smallest absolute Gasteiger partial charge is 0.280 e. The van der Waals surface area contributed by atoms with Crippen molar-refractivity contribution in [1.82, 2.24) is 0 Å². The Morgan fingerprint density at radius 2 is 2.27 bits per heavy atom. The van der Waals surface area contributed by atoms with E-state index in [-0.39, 0.29) is 5.24 Å². The first kappa shape index (κ1) is 8.62. The fourth-order valence-corrected chi connectivity index (χ4v) is 1.22. The van der Waals surface area contributed by atoms with Crippen molar-refractivity contribution in [2.75, 3.05) is 5.32 Å². The second-order valence-corrected chi connectivity index (χ2v) is 3.26. The molecule has 1 N–H and O–H groups in total. The van der Waals surface area contributed by atoms with Crippen LogP contribution in [0.15, 0.2) is 28.7 Å². The second-order valence-electron chi connectivity index (χ2n) is 1.94. The van der Waals surface area contributed by atoms with Crippen LogP contribution in [0.1, 0.15) is 0 Å². The van der Waals surface area contributed by atoms with Gasteiger partial charge in [0.05, 0.1) is 0 Å². The molecule has 0 saturated heterocycles. The van der Waals surface area contributed by atoms with Crippen molar-refractivity contribution in [2.24, 2.45) is 0 Å². The van der Waals surface area contributed by atoms with Crippen molar-refractivity contribution in [2.45, 2.75) is 0 Å². The molecule has 1 amide bonds. The Hall–Kier alpha value is -0.480. The number of benzene rings is 1. The highest BCUT2D eigenvalue weighted by molar-refractivity contribution is 9.10. The monoisotopic (exact) mass is 231 g/mol. The molecule has 1 rings (SSSR count). The largest absolute Gasteiger partial charge is 0.317 e. The topological polar surface area (TPSA) is 29.1 Å².